The van der Waals surface area contributed by atoms with E-state index in [2.05, 4.69) is 0 Å². The van der Waals surface area contributed by atoms with Gasteiger partial charge in [-0.3, -0.25) is 4.79 Å². The van der Waals surface area contributed by atoms with Crippen LogP contribution in [-0.2, 0) is 11.2 Å². The second-order valence-corrected chi connectivity index (χ2v) is 5.07. The predicted octanol–water partition coefficient (Wildman–Crippen LogP) is 3.01. The lowest BCUT2D eigenvalue weighted by Gasteiger charge is -2.21. The van der Waals surface area contributed by atoms with Crippen LogP contribution in [0.15, 0.2) is 12.1 Å². The lowest BCUT2D eigenvalue weighted by atomic mass is 9.85. The molecule has 0 bridgehead atoms. The fraction of sp³-hybridized carbons (Fsp3) is 0.462. The van der Waals surface area contributed by atoms with Crippen LogP contribution >= 0.6 is 11.6 Å². The second-order valence-electron chi connectivity index (χ2n) is 4.66. The molecule has 1 N–H and O–H groups in total. The molecule has 5 heteroatoms. The third-order valence-electron chi connectivity index (χ3n) is 2.77. The summed E-state index contributed by atoms with van der Waals surface area (Å²) < 4.78 is 10.3. The Hall–Kier alpha value is -1.42. The van der Waals surface area contributed by atoms with E-state index in [4.69, 9.17) is 26.2 Å². The van der Waals surface area contributed by atoms with E-state index < -0.39 is 11.4 Å². The summed E-state index contributed by atoms with van der Waals surface area (Å²) in [6.45, 7) is 3.32. The standard InChI is InChI=1S/C13H17ClO4/c1-13(2,12(15)16)7-8-5-9(14)11(18-4)6-10(8)17-3/h5-6H,7H2,1-4H3,(H,15,16). The Balaban J connectivity index is 3.16. The maximum absolute atomic E-state index is 11.1. The van der Waals surface area contributed by atoms with E-state index in [1.807, 2.05) is 0 Å². The highest BCUT2D eigenvalue weighted by molar-refractivity contribution is 6.32. The maximum atomic E-state index is 11.1. The summed E-state index contributed by atoms with van der Waals surface area (Å²) in [5, 5.41) is 9.58. The molecule has 0 aromatic heterocycles. The van der Waals surface area contributed by atoms with Crippen molar-refractivity contribution in [2.45, 2.75) is 20.3 Å². The highest BCUT2D eigenvalue weighted by Gasteiger charge is 2.29. The fourth-order valence-electron chi connectivity index (χ4n) is 1.61. The average Bonchev–Trinajstić information content (AvgIpc) is 2.28. The molecule has 0 saturated carbocycles. The Labute approximate surface area is 111 Å². The lowest BCUT2D eigenvalue weighted by Crippen LogP contribution is -2.26. The first-order chi connectivity index (χ1) is 8.31. The summed E-state index contributed by atoms with van der Waals surface area (Å²) in [6.07, 6.45) is 0.329. The van der Waals surface area contributed by atoms with E-state index in [9.17, 15) is 4.79 Å². The van der Waals surface area contributed by atoms with E-state index in [0.717, 1.165) is 5.56 Å². The molecule has 0 radical (unpaired) electrons. The number of benzene rings is 1. The van der Waals surface area contributed by atoms with E-state index in [-0.39, 0.29) is 0 Å². The molecule has 0 heterocycles. The summed E-state index contributed by atoms with van der Waals surface area (Å²) in [7, 11) is 3.04. The number of halogens is 1. The molecule has 0 fully saturated rings. The molecule has 0 saturated heterocycles. The minimum atomic E-state index is -0.884. The van der Waals surface area contributed by atoms with Gasteiger partial charge in [0.05, 0.1) is 24.7 Å². The van der Waals surface area contributed by atoms with Crippen molar-refractivity contribution in [1.29, 1.82) is 0 Å². The van der Waals surface area contributed by atoms with Crippen molar-refractivity contribution in [3.05, 3.63) is 22.7 Å². The Kier molecular flexibility index (Phi) is 4.46. The van der Waals surface area contributed by atoms with Gasteiger partial charge >= 0.3 is 5.97 Å². The number of methoxy groups -OCH3 is 2. The van der Waals surface area contributed by atoms with Crippen molar-refractivity contribution < 1.29 is 19.4 Å². The van der Waals surface area contributed by atoms with Crippen molar-refractivity contribution in [3.63, 3.8) is 0 Å². The topological polar surface area (TPSA) is 55.8 Å². The molecule has 4 nitrogen and oxygen atoms in total. The molecule has 0 spiro atoms. The largest absolute Gasteiger partial charge is 0.496 e. The number of rotatable bonds is 5. The van der Waals surface area contributed by atoms with Crippen molar-refractivity contribution in [2.24, 2.45) is 5.41 Å². The quantitative estimate of drug-likeness (QED) is 0.895. The van der Waals surface area contributed by atoms with Crippen LogP contribution in [0, 0.1) is 5.41 Å². The number of ether oxygens (including phenoxy) is 2. The minimum Gasteiger partial charge on any atom is -0.496 e. The average molecular weight is 273 g/mol. The zero-order chi connectivity index (χ0) is 13.9. The molecule has 0 amide bonds. The van der Waals surface area contributed by atoms with Gasteiger partial charge < -0.3 is 14.6 Å². The molecule has 0 aliphatic carbocycles. The molecule has 1 rings (SSSR count). The number of aliphatic carboxylic acids is 1. The van der Waals surface area contributed by atoms with Crippen LogP contribution in [0.4, 0.5) is 0 Å². The van der Waals surface area contributed by atoms with Gasteiger partial charge in [0.1, 0.15) is 11.5 Å². The maximum Gasteiger partial charge on any atom is 0.309 e. The summed E-state index contributed by atoms with van der Waals surface area (Å²) in [5.74, 6) is 0.215. The number of hydrogen-bond acceptors (Lipinski definition) is 3. The number of hydrogen-bond donors (Lipinski definition) is 1. The molecule has 1 aromatic carbocycles. The van der Waals surface area contributed by atoms with Gasteiger partial charge in [0.2, 0.25) is 0 Å². The van der Waals surface area contributed by atoms with Crippen LogP contribution in [0.5, 0.6) is 11.5 Å². The molecule has 0 unspecified atom stereocenters. The monoisotopic (exact) mass is 272 g/mol. The van der Waals surface area contributed by atoms with Crippen molar-refractivity contribution in [1.82, 2.24) is 0 Å². The van der Waals surface area contributed by atoms with Gasteiger partial charge in [0.25, 0.3) is 0 Å². The Morgan fingerprint density at radius 1 is 1.28 bits per heavy atom. The molecule has 1 aromatic rings. The first-order valence-corrected chi connectivity index (χ1v) is 5.83. The summed E-state index contributed by atoms with van der Waals surface area (Å²) in [4.78, 5) is 11.1. The fourth-order valence-corrected chi connectivity index (χ4v) is 1.88. The normalized spacial score (nSPS) is 11.2. The van der Waals surface area contributed by atoms with Gasteiger partial charge in [0, 0.05) is 6.07 Å². The number of carboxylic acid groups (broad SMARTS) is 1. The first-order valence-electron chi connectivity index (χ1n) is 5.45. The summed E-state index contributed by atoms with van der Waals surface area (Å²) in [5.41, 5.74) is -0.138. The molecule has 100 valence electrons. The Morgan fingerprint density at radius 3 is 2.28 bits per heavy atom. The third-order valence-corrected chi connectivity index (χ3v) is 3.06. The molecular weight excluding hydrogens is 256 g/mol. The zero-order valence-corrected chi connectivity index (χ0v) is 11.7. The molecule has 0 aliphatic heterocycles. The molecule has 18 heavy (non-hydrogen) atoms. The van der Waals surface area contributed by atoms with E-state index >= 15 is 0 Å². The summed E-state index contributed by atoms with van der Waals surface area (Å²) in [6, 6.07) is 3.35. The molecular formula is C13H17ClO4. The van der Waals surface area contributed by atoms with E-state index in [0.29, 0.717) is 22.9 Å². The number of carboxylic acids is 1. The first kappa shape index (κ1) is 14.6. The SMILES string of the molecule is COc1cc(OC)c(CC(C)(C)C(=O)O)cc1Cl. The molecule has 0 aliphatic rings. The highest BCUT2D eigenvalue weighted by Crippen LogP contribution is 2.35. The van der Waals surface area contributed by atoms with Crippen molar-refractivity contribution >= 4 is 17.6 Å². The Bertz CT molecular complexity index is 455. The predicted molar refractivity (Wildman–Crippen MR) is 69.7 cm³/mol. The van der Waals surface area contributed by atoms with Gasteiger partial charge in [-0.05, 0) is 31.9 Å². The van der Waals surface area contributed by atoms with Gasteiger partial charge in [-0.15, -0.1) is 0 Å². The van der Waals surface area contributed by atoms with E-state index in [1.165, 1.54) is 14.2 Å². The van der Waals surface area contributed by atoms with Crippen LogP contribution < -0.4 is 9.47 Å². The van der Waals surface area contributed by atoms with Gasteiger partial charge in [-0.2, -0.15) is 0 Å². The van der Waals surface area contributed by atoms with Crippen molar-refractivity contribution in [3.8, 4) is 11.5 Å². The third kappa shape index (κ3) is 3.07. The van der Waals surface area contributed by atoms with Gasteiger partial charge in [0.15, 0.2) is 0 Å². The lowest BCUT2D eigenvalue weighted by molar-refractivity contribution is -0.146. The smallest absolute Gasteiger partial charge is 0.309 e. The molecule has 0 atom stereocenters. The highest BCUT2D eigenvalue weighted by atomic mass is 35.5. The van der Waals surface area contributed by atoms with Crippen LogP contribution in [0.1, 0.15) is 19.4 Å². The van der Waals surface area contributed by atoms with Crippen LogP contribution in [0.2, 0.25) is 5.02 Å². The van der Waals surface area contributed by atoms with E-state index in [1.54, 1.807) is 26.0 Å². The van der Waals surface area contributed by atoms with Crippen molar-refractivity contribution in [2.75, 3.05) is 14.2 Å². The van der Waals surface area contributed by atoms with Gasteiger partial charge in [-0.1, -0.05) is 11.6 Å². The summed E-state index contributed by atoms with van der Waals surface area (Å²) >= 11 is 6.04. The van der Waals surface area contributed by atoms with Crippen LogP contribution in [0.3, 0.4) is 0 Å². The Morgan fingerprint density at radius 2 is 1.83 bits per heavy atom. The van der Waals surface area contributed by atoms with Crippen LogP contribution in [-0.4, -0.2) is 25.3 Å². The number of carbonyl (C=O) groups is 1. The van der Waals surface area contributed by atoms with Crippen LogP contribution in [0.25, 0.3) is 0 Å². The van der Waals surface area contributed by atoms with Gasteiger partial charge in [-0.25, -0.2) is 0 Å². The second kappa shape index (κ2) is 5.48. The zero-order valence-electron chi connectivity index (χ0n) is 10.9. The minimum absolute atomic E-state index is 0.329.